The molecular weight excluding hydrogens is 1040 g/mol. The van der Waals surface area contributed by atoms with Crippen LogP contribution in [-0.2, 0) is 19.2 Å². The number of carbonyl (C=O) groups excluding carboxylic acids is 8. The van der Waals surface area contributed by atoms with Crippen LogP contribution in [0, 0.1) is 0 Å². The maximum Gasteiger partial charge on any atom is 0.255 e. The summed E-state index contributed by atoms with van der Waals surface area (Å²) in [5.74, 6) is -5.39. The molecule has 0 fully saturated rings. The Hall–Kier alpha value is -9.70. The Bertz CT molecular complexity index is 2930. The van der Waals surface area contributed by atoms with Crippen molar-refractivity contribution in [3.8, 4) is 23.0 Å². The van der Waals surface area contributed by atoms with E-state index in [1.165, 1.54) is 102 Å². The second-order valence-electron chi connectivity index (χ2n) is 17.5. The fraction of sp³-hybridized carbons (Fsp3) is 0.346. The summed E-state index contributed by atoms with van der Waals surface area (Å²) in [5.41, 5.74) is 33.7. The minimum atomic E-state index is -1.28. The number of carbonyl (C=O) groups is 8. The molecule has 0 aliphatic rings. The lowest BCUT2D eigenvalue weighted by atomic mass is 10.1. The Morgan fingerprint density at radius 2 is 0.775 bits per heavy atom. The van der Waals surface area contributed by atoms with Crippen molar-refractivity contribution in [2.75, 3.05) is 76.0 Å². The third-order valence-corrected chi connectivity index (χ3v) is 11.7. The Balaban J connectivity index is 1.60. The van der Waals surface area contributed by atoms with Crippen LogP contribution in [0.2, 0.25) is 0 Å². The second kappa shape index (κ2) is 31.5. The summed E-state index contributed by atoms with van der Waals surface area (Å²) < 4.78 is 21.6. The van der Waals surface area contributed by atoms with E-state index in [0.717, 1.165) is 0 Å². The lowest BCUT2D eigenvalue weighted by Gasteiger charge is -2.21. The molecule has 20 N–H and O–H groups in total. The number of guanidine groups is 2. The van der Waals surface area contributed by atoms with Gasteiger partial charge in [-0.25, -0.2) is 0 Å². The molecule has 80 heavy (non-hydrogen) atoms. The lowest BCUT2D eigenvalue weighted by molar-refractivity contribution is -0.118. The van der Waals surface area contributed by atoms with Crippen molar-refractivity contribution in [3.05, 3.63) is 95.1 Å². The Labute approximate surface area is 461 Å². The first-order chi connectivity index (χ1) is 38.2. The minimum absolute atomic E-state index is 0.0126. The standard InChI is InChI=1S/C52H70N16O12/c1-28(69)62-29-12-17-41(78-3)34(24-29)45(71)67-38(10-7-21-60-51(55)56)49(75)64-32-15-19-43(80-5)36(26-32)47(73)68-39(11-8-22-61-52(57)58)50(76)65-31-14-18-42(79-4)35(25-31)46(72)66-37(9-6-20-59-27-53)48(74)63-30-13-16-40(77-2)33(23-30)44(54)70/h12-19,23-26,37-39,59H,6-11,20-22,27,53H2,1-5H3,(H2,54,70)(H,62,69)(H,63,74)(H,64,75)(H,65,76)(H,66,72)(H,67,71)(H,68,73)(H4,55,56,60)(H4,57,58,61). The number of rotatable bonds is 31. The number of amides is 8. The van der Waals surface area contributed by atoms with Gasteiger partial charge in [-0.3, -0.25) is 48.3 Å². The van der Waals surface area contributed by atoms with Crippen LogP contribution in [0.5, 0.6) is 23.0 Å². The maximum atomic E-state index is 14.3. The molecule has 0 aromatic heterocycles. The molecular formula is C52H70N16O12. The van der Waals surface area contributed by atoms with Gasteiger partial charge >= 0.3 is 0 Å². The molecule has 0 aliphatic carbocycles. The molecule has 0 heterocycles. The highest BCUT2D eigenvalue weighted by Gasteiger charge is 2.28. The molecule has 430 valence electrons. The van der Waals surface area contributed by atoms with E-state index in [1.807, 2.05) is 0 Å². The number of aliphatic imine (C=N–C) groups is 2. The smallest absolute Gasteiger partial charge is 0.255 e. The van der Waals surface area contributed by atoms with Gasteiger partial charge in [0.2, 0.25) is 23.6 Å². The number of nitrogens with two attached hydrogens (primary N) is 6. The number of anilines is 4. The largest absolute Gasteiger partial charge is 0.496 e. The summed E-state index contributed by atoms with van der Waals surface area (Å²) in [6.07, 6.45) is 1.01. The predicted molar refractivity (Wildman–Crippen MR) is 301 cm³/mol. The molecule has 0 bridgehead atoms. The highest BCUT2D eigenvalue weighted by atomic mass is 16.5. The third-order valence-electron chi connectivity index (χ3n) is 11.7. The van der Waals surface area contributed by atoms with Crippen LogP contribution in [-0.4, -0.2) is 132 Å². The Morgan fingerprint density at radius 1 is 0.463 bits per heavy atom. The first-order valence-corrected chi connectivity index (χ1v) is 24.9. The number of nitrogens with zero attached hydrogens (tertiary/aromatic N) is 2. The fourth-order valence-corrected chi connectivity index (χ4v) is 7.81. The van der Waals surface area contributed by atoms with E-state index in [0.29, 0.717) is 18.7 Å². The first kappa shape index (κ1) is 62.8. The van der Waals surface area contributed by atoms with Crippen LogP contribution >= 0.6 is 0 Å². The molecule has 0 aliphatic heterocycles. The molecule has 4 aromatic rings. The van der Waals surface area contributed by atoms with Gasteiger partial charge in [0, 0.05) is 49.4 Å². The van der Waals surface area contributed by atoms with E-state index in [-0.39, 0.29) is 132 Å². The van der Waals surface area contributed by atoms with Crippen LogP contribution in [0.3, 0.4) is 0 Å². The summed E-state index contributed by atoms with van der Waals surface area (Å²) in [6, 6.07) is 13.5. The van der Waals surface area contributed by atoms with Gasteiger partial charge in [-0.05, 0) is 118 Å². The van der Waals surface area contributed by atoms with Crippen molar-refractivity contribution in [3.63, 3.8) is 0 Å². The summed E-state index contributed by atoms with van der Waals surface area (Å²) >= 11 is 0. The molecule has 0 spiro atoms. The van der Waals surface area contributed by atoms with E-state index in [4.69, 9.17) is 53.3 Å². The average Bonchev–Trinajstić information content (AvgIpc) is 3.44. The van der Waals surface area contributed by atoms with E-state index < -0.39 is 59.5 Å². The van der Waals surface area contributed by atoms with Crippen LogP contribution in [0.1, 0.15) is 86.9 Å². The van der Waals surface area contributed by atoms with Crippen molar-refractivity contribution in [1.82, 2.24) is 21.3 Å². The number of ether oxygens (including phenoxy) is 4. The summed E-state index contributed by atoms with van der Waals surface area (Å²) in [4.78, 5) is 116. The zero-order valence-corrected chi connectivity index (χ0v) is 45.0. The number of methoxy groups -OCH3 is 4. The normalized spacial score (nSPS) is 11.7. The first-order valence-electron chi connectivity index (χ1n) is 24.9. The maximum absolute atomic E-state index is 14.3. The molecule has 3 unspecified atom stereocenters. The van der Waals surface area contributed by atoms with Gasteiger partial charge in [-0.15, -0.1) is 0 Å². The zero-order valence-electron chi connectivity index (χ0n) is 45.0. The molecule has 8 amide bonds. The molecule has 4 aromatic carbocycles. The van der Waals surface area contributed by atoms with Gasteiger partial charge in [0.1, 0.15) is 41.1 Å². The number of nitrogens with one attached hydrogen (secondary N) is 8. The van der Waals surface area contributed by atoms with Crippen molar-refractivity contribution in [2.24, 2.45) is 44.4 Å². The second-order valence-corrected chi connectivity index (χ2v) is 17.5. The molecule has 0 saturated heterocycles. The third kappa shape index (κ3) is 19.4. The van der Waals surface area contributed by atoms with Crippen molar-refractivity contribution in [2.45, 2.75) is 63.6 Å². The Morgan fingerprint density at radius 3 is 1.07 bits per heavy atom. The van der Waals surface area contributed by atoms with Gasteiger partial charge in [-0.1, -0.05) is 0 Å². The molecule has 3 atom stereocenters. The quantitative estimate of drug-likeness (QED) is 0.0140. The van der Waals surface area contributed by atoms with E-state index in [1.54, 1.807) is 6.07 Å². The topological polar surface area (TPSA) is 451 Å². The van der Waals surface area contributed by atoms with Crippen molar-refractivity contribution >= 4 is 81.9 Å². The molecule has 4 rings (SSSR count). The van der Waals surface area contributed by atoms with Gasteiger partial charge in [0.05, 0.1) is 50.7 Å². The van der Waals surface area contributed by atoms with Gasteiger partial charge in [0.25, 0.3) is 23.6 Å². The highest BCUT2D eigenvalue weighted by molar-refractivity contribution is 6.07. The van der Waals surface area contributed by atoms with Gasteiger partial charge < -0.3 is 95.9 Å². The van der Waals surface area contributed by atoms with Crippen molar-refractivity contribution < 1.29 is 57.3 Å². The van der Waals surface area contributed by atoms with Crippen LogP contribution < -0.4 is 95.9 Å². The van der Waals surface area contributed by atoms with E-state index in [2.05, 4.69) is 52.5 Å². The number of primary amides is 1. The number of benzene rings is 4. The number of hydrogen-bond donors (Lipinski definition) is 14. The predicted octanol–water partition coefficient (Wildman–Crippen LogP) is 0.383. The molecule has 0 radical (unpaired) electrons. The Kier molecular flexibility index (Phi) is 24.7. The fourth-order valence-electron chi connectivity index (χ4n) is 7.81. The van der Waals surface area contributed by atoms with Crippen LogP contribution in [0.25, 0.3) is 0 Å². The molecule has 0 saturated carbocycles. The summed E-state index contributed by atoms with van der Waals surface area (Å²) in [7, 11) is 5.35. The average molecular weight is 1110 g/mol. The molecule has 28 heteroatoms. The number of hydrogen-bond acceptors (Lipinski definition) is 16. The van der Waals surface area contributed by atoms with Crippen LogP contribution in [0.4, 0.5) is 22.7 Å². The van der Waals surface area contributed by atoms with Gasteiger partial charge in [-0.2, -0.15) is 0 Å². The van der Waals surface area contributed by atoms with Crippen molar-refractivity contribution in [1.29, 1.82) is 0 Å². The molecule has 28 nitrogen and oxygen atoms in total. The summed E-state index contributed by atoms with van der Waals surface area (Å²) in [5, 5.41) is 21.9. The van der Waals surface area contributed by atoms with Crippen LogP contribution in [0.15, 0.2) is 82.8 Å². The zero-order chi connectivity index (χ0) is 58.9. The monoisotopic (exact) mass is 1110 g/mol. The minimum Gasteiger partial charge on any atom is -0.496 e. The highest BCUT2D eigenvalue weighted by Crippen LogP contribution is 2.28. The van der Waals surface area contributed by atoms with E-state index >= 15 is 0 Å². The van der Waals surface area contributed by atoms with E-state index in [9.17, 15) is 38.4 Å². The lowest BCUT2D eigenvalue weighted by Crippen LogP contribution is -2.45. The van der Waals surface area contributed by atoms with Gasteiger partial charge in [0.15, 0.2) is 11.9 Å². The summed E-state index contributed by atoms with van der Waals surface area (Å²) in [6.45, 7) is 2.10. The SMILES string of the molecule is COc1ccc(NC(=O)C(CCCNCN)NC(=O)c2cc(NC(=O)C(CCCN=C(N)N)NC(=O)c3cc(NC(=O)C(CCCN=C(N)N)NC(=O)c4cc(NC(C)=O)ccc4OC)ccc3OC)ccc2OC)cc1C(N)=O.